The predicted octanol–water partition coefficient (Wildman–Crippen LogP) is 16.7. The minimum atomic E-state index is -0.510. The Morgan fingerprint density at radius 3 is 1.24 bits per heavy atom. The van der Waals surface area contributed by atoms with Gasteiger partial charge in [-0.15, -0.1) is 0 Å². The second-order valence-corrected chi connectivity index (χ2v) is 20.5. The quantitative estimate of drug-likeness (QED) is 0.173. The number of rotatable bonds is 5. The Hall–Kier alpha value is -9.31. The molecule has 3 nitrogen and oxygen atoms in total. The van der Waals surface area contributed by atoms with Crippen LogP contribution in [0, 0.1) is 5.92 Å². The maximum atomic E-state index is 5.61. The van der Waals surface area contributed by atoms with Crippen LogP contribution in [0.4, 0.5) is 0 Å². The predicted molar refractivity (Wildman–Crippen MR) is 300 cm³/mol. The van der Waals surface area contributed by atoms with E-state index in [4.69, 9.17) is 15.0 Å². The van der Waals surface area contributed by atoms with Crippen molar-refractivity contribution in [2.24, 2.45) is 5.92 Å². The van der Waals surface area contributed by atoms with Gasteiger partial charge in [-0.2, -0.15) is 0 Å². The lowest BCUT2D eigenvalue weighted by Gasteiger charge is -2.36. The Bertz CT molecular complexity index is 4100. The van der Waals surface area contributed by atoms with Gasteiger partial charge in [-0.05, 0) is 130 Å². The van der Waals surface area contributed by atoms with Gasteiger partial charge in [0.05, 0.1) is 10.8 Å². The van der Waals surface area contributed by atoms with Crippen LogP contribution in [0.3, 0.4) is 0 Å². The zero-order valence-electron chi connectivity index (χ0n) is 40.3. The highest BCUT2D eigenvalue weighted by atomic mass is 15.0. The minimum absolute atomic E-state index is 0.206. The molecule has 16 rings (SSSR count). The maximum Gasteiger partial charge on any atom is 0.164 e. The fourth-order valence-corrected chi connectivity index (χ4v) is 14.1. The van der Waals surface area contributed by atoms with Crippen LogP contribution in [0.25, 0.3) is 89.8 Å². The van der Waals surface area contributed by atoms with Crippen molar-refractivity contribution in [1.29, 1.82) is 0 Å². The number of hydrogen-bond acceptors (Lipinski definition) is 3. The lowest BCUT2D eigenvalue weighted by molar-refractivity contribution is 0.465. The molecule has 3 atom stereocenters. The third-order valence-electron chi connectivity index (χ3n) is 17.0. The monoisotopic (exact) mass is 939 g/mol. The average Bonchev–Trinajstić information content (AvgIpc) is 4.25. The van der Waals surface area contributed by atoms with Crippen LogP contribution < -0.4 is 0 Å². The smallest absolute Gasteiger partial charge is 0.164 e. The molecule has 11 aromatic rings. The van der Waals surface area contributed by atoms with E-state index in [-0.39, 0.29) is 11.8 Å². The second-order valence-electron chi connectivity index (χ2n) is 20.5. The summed E-state index contributed by atoms with van der Waals surface area (Å²) >= 11 is 0. The molecular weight excluding hydrogens is 895 g/mol. The normalized spacial score (nSPS) is 18.1. The molecular formula is C71H45N3. The fraction of sp³-hybridized carbons (Fsp3) is 0.0563. The molecule has 0 radical (unpaired) electrons. The Kier molecular flexibility index (Phi) is 8.71. The highest BCUT2D eigenvalue weighted by Gasteiger charge is 2.57. The second kappa shape index (κ2) is 15.6. The first-order chi connectivity index (χ1) is 36.7. The first-order valence-electron chi connectivity index (χ1n) is 25.8. The van der Waals surface area contributed by atoms with Gasteiger partial charge in [0.1, 0.15) is 0 Å². The van der Waals surface area contributed by atoms with E-state index in [0.717, 1.165) is 38.9 Å². The molecule has 5 aliphatic rings. The van der Waals surface area contributed by atoms with Crippen molar-refractivity contribution in [3.8, 4) is 89.8 Å². The summed E-state index contributed by atoms with van der Waals surface area (Å²) in [7, 11) is 0. The van der Waals surface area contributed by atoms with Crippen LogP contribution in [0.15, 0.2) is 261 Å². The lowest BCUT2D eigenvalue weighted by atomic mass is 9.65. The van der Waals surface area contributed by atoms with Crippen LogP contribution in [0.5, 0.6) is 0 Å². The van der Waals surface area contributed by atoms with Gasteiger partial charge in [0.2, 0.25) is 0 Å². The molecule has 0 N–H and O–H groups in total. The average molecular weight is 940 g/mol. The van der Waals surface area contributed by atoms with Gasteiger partial charge in [0.15, 0.2) is 17.5 Å². The van der Waals surface area contributed by atoms with E-state index in [9.17, 15) is 0 Å². The lowest BCUT2D eigenvalue weighted by Crippen LogP contribution is -2.33. The van der Waals surface area contributed by atoms with E-state index in [1.165, 1.54) is 77.9 Å². The third-order valence-corrected chi connectivity index (χ3v) is 17.0. The molecule has 0 bridgehead atoms. The summed E-state index contributed by atoms with van der Waals surface area (Å²) in [6, 6.07) is 87.1. The van der Waals surface area contributed by atoms with Crippen molar-refractivity contribution < 1.29 is 0 Å². The topological polar surface area (TPSA) is 38.7 Å². The molecule has 74 heavy (non-hydrogen) atoms. The number of fused-ring (bicyclic) bond motifs is 20. The minimum Gasteiger partial charge on any atom is -0.208 e. The summed E-state index contributed by atoms with van der Waals surface area (Å²) in [5.74, 6) is 2.37. The van der Waals surface area contributed by atoms with Crippen molar-refractivity contribution in [3.05, 3.63) is 305 Å². The summed E-state index contributed by atoms with van der Waals surface area (Å²) in [6.07, 6.45) is 9.33. The standard InChI is InChI=1S/C71H45N3/c1-3-19-44(20-4-1)48-39-49(45-21-5-2-6-22-45)41-50(40-48)69-73-67(46-35-37-57-55-27-11-17-33-63(55)70(65(57)42-46)59-29-13-7-23-51(59)52-24-8-14-30-60(52)70)72-68(74-69)47-36-38-58-56-28-12-18-34-64(56)71(66(58)43-47)61-31-15-9-25-53(61)54-26-10-16-32-62(54)71/h1-43,51,59H. The zero-order valence-corrected chi connectivity index (χ0v) is 40.3. The molecule has 5 aliphatic carbocycles. The summed E-state index contributed by atoms with van der Waals surface area (Å²) in [6.45, 7) is 0. The molecule has 3 unspecified atom stereocenters. The van der Waals surface area contributed by atoms with Crippen LogP contribution in [0.1, 0.15) is 50.4 Å². The third kappa shape index (κ3) is 5.58. The molecule has 1 aromatic heterocycles. The number of nitrogens with zero attached hydrogens (tertiary/aromatic N) is 3. The van der Waals surface area contributed by atoms with Gasteiger partial charge in [-0.3, -0.25) is 0 Å². The molecule has 2 spiro atoms. The molecule has 0 saturated heterocycles. The van der Waals surface area contributed by atoms with Gasteiger partial charge in [0.25, 0.3) is 0 Å². The van der Waals surface area contributed by atoms with Gasteiger partial charge in [-0.25, -0.2) is 15.0 Å². The number of benzene rings is 10. The van der Waals surface area contributed by atoms with Gasteiger partial charge < -0.3 is 0 Å². The van der Waals surface area contributed by atoms with E-state index in [2.05, 4.69) is 261 Å². The first kappa shape index (κ1) is 41.3. The molecule has 0 fully saturated rings. The molecule has 344 valence electrons. The highest BCUT2D eigenvalue weighted by Crippen LogP contribution is 2.66. The molecule has 10 aromatic carbocycles. The van der Waals surface area contributed by atoms with Gasteiger partial charge in [-0.1, -0.05) is 231 Å². The highest BCUT2D eigenvalue weighted by molar-refractivity contribution is 5.96. The van der Waals surface area contributed by atoms with Crippen LogP contribution in [0.2, 0.25) is 0 Å². The van der Waals surface area contributed by atoms with E-state index in [1.54, 1.807) is 0 Å². The first-order valence-corrected chi connectivity index (χ1v) is 25.8. The Morgan fingerprint density at radius 1 is 0.270 bits per heavy atom. The number of hydrogen-bond donors (Lipinski definition) is 0. The maximum absolute atomic E-state index is 5.61. The molecule has 3 heteroatoms. The van der Waals surface area contributed by atoms with Crippen molar-refractivity contribution in [2.75, 3.05) is 0 Å². The number of aromatic nitrogens is 3. The Morgan fingerprint density at radius 2 is 0.676 bits per heavy atom. The van der Waals surface area contributed by atoms with Crippen LogP contribution in [-0.4, -0.2) is 15.0 Å². The van der Waals surface area contributed by atoms with Crippen LogP contribution >= 0.6 is 0 Å². The van der Waals surface area contributed by atoms with Crippen molar-refractivity contribution in [1.82, 2.24) is 15.0 Å². The summed E-state index contributed by atoms with van der Waals surface area (Å²) in [5.41, 5.74) is 24.6. The van der Waals surface area contributed by atoms with Crippen molar-refractivity contribution in [2.45, 2.75) is 16.7 Å². The Balaban J connectivity index is 0.950. The van der Waals surface area contributed by atoms with E-state index >= 15 is 0 Å². The molecule has 0 saturated carbocycles. The largest absolute Gasteiger partial charge is 0.208 e. The molecule has 0 aliphatic heterocycles. The van der Waals surface area contributed by atoms with E-state index in [1.807, 2.05) is 0 Å². The molecule has 1 heterocycles. The van der Waals surface area contributed by atoms with Crippen molar-refractivity contribution in [3.63, 3.8) is 0 Å². The summed E-state index contributed by atoms with van der Waals surface area (Å²) in [5, 5.41) is 0. The SMILES string of the molecule is C1=CC2c3ccccc3C3(c4ccccc4-c4ccc(-c5nc(-c6cc(-c7ccccc7)cc(-c7ccccc7)c6)nc(-c6ccc7c(c6)C6(c8ccccc8-c8ccccc86)c6ccccc6-7)n5)cc43)C2C=C1. The number of allylic oxidation sites excluding steroid dienone is 4. The Labute approximate surface area is 430 Å². The zero-order chi connectivity index (χ0) is 48.5. The van der Waals surface area contributed by atoms with Gasteiger partial charge in [0, 0.05) is 28.5 Å². The molecule has 0 amide bonds. The fourth-order valence-electron chi connectivity index (χ4n) is 14.1. The van der Waals surface area contributed by atoms with Crippen molar-refractivity contribution >= 4 is 0 Å². The van der Waals surface area contributed by atoms with E-state index < -0.39 is 10.8 Å². The summed E-state index contributed by atoms with van der Waals surface area (Å²) < 4.78 is 0. The van der Waals surface area contributed by atoms with Gasteiger partial charge >= 0.3 is 0 Å². The van der Waals surface area contributed by atoms with E-state index in [0.29, 0.717) is 17.5 Å². The summed E-state index contributed by atoms with van der Waals surface area (Å²) in [4.78, 5) is 16.7. The van der Waals surface area contributed by atoms with Crippen LogP contribution in [-0.2, 0) is 10.8 Å².